The van der Waals surface area contributed by atoms with Gasteiger partial charge in [-0.3, -0.25) is 9.59 Å². The van der Waals surface area contributed by atoms with Crippen LogP contribution in [0.5, 0.6) is 5.75 Å². The van der Waals surface area contributed by atoms with Crippen molar-refractivity contribution in [2.45, 2.75) is 104 Å². The molecule has 0 fully saturated rings. The number of aromatic hydroxyl groups is 1. The number of amides is 3. The Labute approximate surface area is 227 Å². The monoisotopic (exact) mass is 537 g/mol. The lowest BCUT2D eigenvalue weighted by Crippen LogP contribution is -2.55. The molecule has 0 aliphatic carbocycles. The van der Waals surface area contributed by atoms with Gasteiger partial charge in [0.1, 0.15) is 23.4 Å². The van der Waals surface area contributed by atoms with Crippen molar-refractivity contribution in [3.05, 3.63) is 29.8 Å². The first-order valence-corrected chi connectivity index (χ1v) is 14.5. The van der Waals surface area contributed by atoms with Gasteiger partial charge in [-0.1, -0.05) is 38.3 Å². The molecule has 0 heterocycles. The van der Waals surface area contributed by atoms with E-state index in [4.69, 9.17) is 4.74 Å². The number of phenols is 1. The highest BCUT2D eigenvalue weighted by atomic mass is 32.2. The van der Waals surface area contributed by atoms with Crippen LogP contribution in [-0.4, -0.2) is 63.6 Å². The number of nitrogens with zero attached hydrogens (tertiary/aromatic N) is 1. The van der Waals surface area contributed by atoms with Gasteiger partial charge < -0.3 is 25.4 Å². The van der Waals surface area contributed by atoms with Gasteiger partial charge in [-0.15, -0.1) is 0 Å². The summed E-state index contributed by atoms with van der Waals surface area (Å²) in [4.78, 5) is 41.9. The molecule has 0 aliphatic heterocycles. The lowest BCUT2D eigenvalue weighted by molar-refractivity contribution is -0.143. The molecule has 0 bridgehead atoms. The normalized spacial score (nSPS) is 13.4. The molecule has 2 atom stereocenters. The van der Waals surface area contributed by atoms with Gasteiger partial charge in [-0.25, -0.2) is 4.79 Å². The molecule has 1 aromatic carbocycles. The molecule has 8 nitrogen and oxygen atoms in total. The second-order valence-electron chi connectivity index (χ2n) is 11.3. The minimum absolute atomic E-state index is 0.00949. The topological polar surface area (TPSA) is 108 Å². The lowest BCUT2D eigenvalue weighted by Gasteiger charge is -2.36. The average Bonchev–Trinajstić information content (AvgIpc) is 2.75. The molecular formula is C28H47N3O5S. The van der Waals surface area contributed by atoms with E-state index < -0.39 is 29.3 Å². The number of alkyl carbamates (subject to hydrolysis) is 1. The number of hydrogen-bond acceptors (Lipinski definition) is 6. The van der Waals surface area contributed by atoms with Crippen molar-refractivity contribution in [3.63, 3.8) is 0 Å². The zero-order valence-electron chi connectivity index (χ0n) is 23.8. The smallest absolute Gasteiger partial charge is 0.408 e. The fraction of sp³-hybridized carbons (Fsp3) is 0.679. The minimum atomic E-state index is -0.974. The molecule has 9 heteroatoms. The first-order chi connectivity index (χ1) is 17.2. The van der Waals surface area contributed by atoms with Gasteiger partial charge in [-0.2, -0.15) is 11.8 Å². The number of carbonyl (C=O) groups is 3. The van der Waals surface area contributed by atoms with Crippen LogP contribution in [0, 0.1) is 0 Å². The van der Waals surface area contributed by atoms with Crippen LogP contribution in [0.25, 0.3) is 0 Å². The van der Waals surface area contributed by atoms with Gasteiger partial charge in [0.2, 0.25) is 11.8 Å². The van der Waals surface area contributed by atoms with Crippen molar-refractivity contribution in [2.24, 2.45) is 0 Å². The highest BCUT2D eigenvalue weighted by Gasteiger charge is 2.37. The Morgan fingerprint density at radius 1 is 1.08 bits per heavy atom. The van der Waals surface area contributed by atoms with Crippen LogP contribution in [0.4, 0.5) is 4.79 Å². The van der Waals surface area contributed by atoms with Crippen molar-refractivity contribution < 1.29 is 24.2 Å². The summed E-state index contributed by atoms with van der Waals surface area (Å²) < 4.78 is 5.43. The summed E-state index contributed by atoms with van der Waals surface area (Å²) in [5, 5.41) is 15.9. The molecule has 0 spiro atoms. The lowest BCUT2D eigenvalue weighted by atomic mass is 9.99. The summed E-state index contributed by atoms with van der Waals surface area (Å²) in [6.45, 7) is 13.4. The van der Waals surface area contributed by atoms with Crippen LogP contribution < -0.4 is 10.6 Å². The van der Waals surface area contributed by atoms with E-state index in [9.17, 15) is 19.5 Å². The zero-order chi connectivity index (χ0) is 28.2. The van der Waals surface area contributed by atoms with E-state index in [0.29, 0.717) is 30.7 Å². The van der Waals surface area contributed by atoms with Gasteiger partial charge in [0.25, 0.3) is 0 Å². The molecule has 0 aliphatic rings. The van der Waals surface area contributed by atoms with E-state index in [1.54, 1.807) is 49.6 Å². The molecule has 37 heavy (non-hydrogen) atoms. The van der Waals surface area contributed by atoms with Gasteiger partial charge in [-0.05, 0) is 84.1 Å². The number of benzene rings is 1. The summed E-state index contributed by atoms with van der Waals surface area (Å²) in [6, 6.07) is 4.59. The number of thioether (sulfide) groups is 1. The third-order valence-electron chi connectivity index (χ3n) is 5.38. The van der Waals surface area contributed by atoms with E-state index in [2.05, 4.69) is 17.6 Å². The van der Waals surface area contributed by atoms with E-state index in [1.807, 2.05) is 27.0 Å². The average molecular weight is 538 g/mol. The molecule has 2 unspecified atom stereocenters. The Kier molecular flexibility index (Phi) is 13.3. The highest BCUT2D eigenvalue weighted by Crippen LogP contribution is 2.27. The standard InChI is InChI=1S/C28H47N3O5S/c1-9-10-11-12-17-31(25(34)22(16-18-37-8)29-26(35)36-28(5,6)7)23(24(33)30-27(2,3)4)20-14-13-15-21(32)19-20/h13-15,19,22-23,32H,9-12,16-18H2,1-8H3,(H,29,35)(H,30,33). The van der Waals surface area contributed by atoms with E-state index in [1.165, 1.54) is 12.1 Å². The quantitative estimate of drug-likeness (QED) is 0.291. The number of carbonyl (C=O) groups excluding carboxylic acids is 3. The van der Waals surface area contributed by atoms with Crippen LogP contribution in [0.15, 0.2) is 24.3 Å². The van der Waals surface area contributed by atoms with Crippen LogP contribution in [0.2, 0.25) is 0 Å². The van der Waals surface area contributed by atoms with Crippen molar-refractivity contribution in [2.75, 3.05) is 18.6 Å². The number of phenolic OH excluding ortho intramolecular Hbond substituents is 1. The van der Waals surface area contributed by atoms with Crippen molar-refractivity contribution in [3.8, 4) is 5.75 Å². The van der Waals surface area contributed by atoms with E-state index in [-0.39, 0.29) is 17.6 Å². The van der Waals surface area contributed by atoms with Gasteiger partial charge in [0.05, 0.1) is 0 Å². The largest absolute Gasteiger partial charge is 0.508 e. The van der Waals surface area contributed by atoms with Crippen LogP contribution in [-0.2, 0) is 14.3 Å². The van der Waals surface area contributed by atoms with Crippen molar-refractivity contribution in [1.82, 2.24) is 15.5 Å². The second kappa shape index (κ2) is 15.1. The maximum Gasteiger partial charge on any atom is 0.408 e. The summed E-state index contributed by atoms with van der Waals surface area (Å²) in [6.07, 6.45) is 5.31. The molecule has 0 saturated carbocycles. The molecule has 0 aromatic heterocycles. The highest BCUT2D eigenvalue weighted by molar-refractivity contribution is 7.98. The maximum absolute atomic E-state index is 14.1. The van der Waals surface area contributed by atoms with Crippen LogP contribution in [0.1, 0.15) is 92.2 Å². The summed E-state index contributed by atoms with van der Waals surface area (Å²) in [5.41, 5.74) is -0.740. The third-order valence-corrected chi connectivity index (χ3v) is 6.02. The number of nitrogens with one attached hydrogen (secondary N) is 2. The van der Waals surface area contributed by atoms with Crippen LogP contribution >= 0.6 is 11.8 Å². The Morgan fingerprint density at radius 3 is 2.30 bits per heavy atom. The molecule has 0 saturated heterocycles. The molecule has 3 N–H and O–H groups in total. The van der Waals surface area contributed by atoms with Crippen molar-refractivity contribution in [1.29, 1.82) is 0 Å². The molecule has 0 radical (unpaired) electrons. The molecule has 3 amide bonds. The maximum atomic E-state index is 14.1. The SMILES string of the molecule is CCCCCCN(C(=O)C(CCSC)NC(=O)OC(C)(C)C)C(C(=O)NC(C)(C)C)c1cccc(O)c1. The van der Waals surface area contributed by atoms with Gasteiger partial charge in [0, 0.05) is 12.1 Å². The Morgan fingerprint density at radius 2 is 1.76 bits per heavy atom. The predicted octanol–water partition coefficient (Wildman–Crippen LogP) is 5.40. The minimum Gasteiger partial charge on any atom is -0.508 e. The van der Waals surface area contributed by atoms with Gasteiger partial charge >= 0.3 is 6.09 Å². The second-order valence-corrected chi connectivity index (χ2v) is 12.3. The Balaban J connectivity index is 3.48. The summed E-state index contributed by atoms with van der Waals surface area (Å²) in [7, 11) is 0. The first kappa shape index (κ1) is 32.6. The van der Waals surface area contributed by atoms with Gasteiger partial charge in [0.15, 0.2) is 0 Å². The van der Waals surface area contributed by atoms with Crippen molar-refractivity contribution >= 4 is 29.7 Å². The number of unbranched alkanes of at least 4 members (excludes halogenated alkanes) is 3. The van der Waals surface area contributed by atoms with E-state index >= 15 is 0 Å². The van der Waals surface area contributed by atoms with Crippen LogP contribution in [0.3, 0.4) is 0 Å². The molecule has 210 valence electrons. The fourth-order valence-electron chi connectivity index (χ4n) is 3.82. The number of rotatable bonds is 13. The fourth-order valence-corrected chi connectivity index (χ4v) is 4.30. The summed E-state index contributed by atoms with van der Waals surface area (Å²) >= 11 is 1.57. The predicted molar refractivity (Wildman–Crippen MR) is 151 cm³/mol. The Hall–Kier alpha value is -2.42. The number of ether oxygens (including phenoxy) is 1. The van der Waals surface area contributed by atoms with E-state index in [0.717, 1.165) is 19.3 Å². The Bertz CT molecular complexity index is 879. The molecule has 1 aromatic rings. The molecule has 1 rings (SSSR count). The summed E-state index contributed by atoms with van der Waals surface area (Å²) in [5.74, 6) is -0.0483. The number of hydrogen-bond donors (Lipinski definition) is 3. The molecular weight excluding hydrogens is 490 g/mol. The zero-order valence-corrected chi connectivity index (χ0v) is 24.7. The third kappa shape index (κ3) is 12.6. The first-order valence-electron chi connectivity index (χ1n) is 13.1.